The molecule has 0 spiro atoms. The summed E-state index contributed by atoms with van der Waals surface area (Å²) in [7, 11) is 0. The Hall–Kier alpha value is -1.91. The van der Waals surface area contributed by atoms with Crippen molar-refractivity contribution < 1.29 is 27.9 Å². The largest absolute Gasteiger partial charge is 0.481 e. The molecule has 21 heavy (non-hydrogen) atoms. The first-order chi connectivity index (χ1) is 9.65. The van der Waals surface area contributed by atoms with Crippen molar-refractivity contribution in [3.63, 3.8) is 0 Å². The van der Waals surface area contributed by atoms with Gasteiger partial charge in [0.05, 0.1) is 0 Å². The number of hydrogen-bond donors (Lipinski definition) is 2. The molecule has 116 valence electrons. The van der Waals surface area contributed by atoms with Gasteiger partial charge in [0.2, 0.25) is 5.13 Å². The van der Waals surface area contributed by atoms with Crippen molar-refractivity contribution in [2.24, 2.45) is 5.41 Å². The molecule has 1 aliphatic heterocycles. The highest BCUT2D eigenvalue weighted by Gasteiger charge is 2.64. The number of carbonyl (C=O) groups is 2. The van der Waals surface area contributed by atoms with Crippen molar-refractivity contribution in [3.05, 3.63) is 5.82 Å². The number of halogens is 3. The van der Waals surface area contributed by atoms with Crippen LogP contribution in [-0.2, 0) is 4.79 Å². The Balaban J connectivity index is 2.10. The highest BCUT2D eigenvalue weighted by atomic mass is 32.1. The third-order valence-electron chi connectivity index (χ3n) is 3.25. The van der Waals surface area contributed by atoms with Gasteiger partial charge in [0.15, 0.2) is 5.41 Å². The molecule has 2 N–H and O–H groups in total. The number of carbonyl (C=O) groups excluding carboxylic acids is 1. The topological polar surface area (TPSA) is 95.4 Å². The number of hydrogen-bond acceptors (Lipinski definition) is 5. The number of nitrogens with zero attached hydrogens (tertiary/aromatic N) is 3. The minimum atomic E-state index is -4.92. The second kappa shape index (κ2) is 5.13. The van der Waals surface area contributed by atoms with Gasteiger partial charge in [0.25, 0.3) is 0 Å². The Labute approximate surface area is 120 Å². The van der Waals surface area contributed by atoms with Gasteiger partial charge >= 0.3 is 18.2 Å². The van der Waals surface area contributed by atoms with Crippen LogP contribution in [0.4, 0.5) is 23.1 Å². The van der Waals surface area contributed by atoms with Crippen LogP contribution in [0.5, 0.6) is 0 Å². The molecule has 1 fully saturated rings. The predicted molar refractivity (Wildman–Crippen MR) is 66.0 cm³/mol. The SMILES string of the molecule is Cc1nsc(NC(=O)N2CCC(C(=O)O)(C(F)(F)F)C2)n1. The van der Waals surface area contributed by atoms with E-state index in [4.69, 9.17) is 5.11 Å². The molecule has 0 aliphatic carbocycles. The first-order valence-electron chi connectivity index (χ1n) is 5.82. The third kappa shape index (κ3) is 2.77. The maximum absolute atomic E-state index is 13.0. The first-order valence-corrected chi connectivity index (χ1v) is 6.59. The van der Waals surface area contributed by atoms with E-state index in [9.17, 15) is 22.8 Å². The van der Waals surface area contributed by atoms with Gasteiger partial charge in [0.1, 0.15) is 5.82 Å². The van der Waals surface area contributed by atoms with Crippen molar-refractivity contribution >= 4 is 28.7 Å². The molecule has 1 aromatic heterocycles. The normalized spacial score (nSPS) is 22.4. The summed E-state index contributed by atoms with van der Waals surface area (Å²) in [5.74, 6) is -1.55. The Morgan fingerprint density at radius 1 is 1.48 bits per heavy atom. The number of aliphatic carboxylic acids is 1. The zero-order valence-electron chi connectivity index (χ0n) is 10.8. The molecule has 0 aromatic carbocycles. The molecule has 11 heteroatoms. The minimum Gasteiger partial charge on any atom is -0.481 e. The Kier molecular flexibility index (Phi) is 3.78. The summed E-state index contributed by atoms with van der Waals surface area (Å²) in [6, 6.07) is -0.821. The van der Waals surface area contributed by atoms with E-state index in [2.05, 4.69) is 14.7 Å². The molecule has 1 unspecified atom stereocenters. The standard InChI is InChI=1S/C10H11F3N4O3S/c1-5-14-7(21-16-5)15-8(20)17-3-2-9(4-17,6(18)19)10(11,12)13/h2-4H2,1H3,(H,18,19)(H,14,15,16,20). The van der Waals surface area contributed by atoms with Crippen LogP contribution in [0.3, 0.4) is 0 Å². The zero-order chi connectivity index (χ0) is 15.8. The third-order valence-corrected chi connectivity index (χ3v) is 3.97. The maximum atomic E-state index is 13.0. The number of nitrogens with one attached hydrogen (secondary N) is 1. The fourth-order valence-electron chi connectivity index (χ4n) is 2.03. The van der Waals surface area contributed by atoms with Crippen LogP contribution in [0, 0.1) is 12.3 Å². The summed E-state index contributed by atoms with van der Waals surface area (Å²) < 4.78 is 42.7. The number of carboxylic acids is 1. The van der Waals surface area contributed by atoms with Crippen LogP contribution in [0.15, 0.2) is 0 Å². The molecule has 1 saturated heterocycles. The van der Waals surface area contributed by atoms with Gasteiger partial charge in [-0.3, -0.25) is 10.1 Å². The number of aryl methyl sites for hydroxylation is 1. The average molecular weight is 324 g/mol. The van der Waals surface area contributed by atoms with E-state index in [-0.39, 0.29) is 11.7 Å². The Morgan fingerprint density at radius 3 is 2.57 bits per heavy atom. The Morgan fingerprint density at radius 2 is 2.14 bits per heavy atom. The second-order valence-corrected chi connectivity index (χ2v) is 5.39. The second-order valence-electron chi connectivity index (χ2n) is 4.63. The van der Waals surface area contributed by atoms with Gasteiger partial charge in [-0.1, -0.05) is 0 Å². The summed E-state index contributed by atoms with van der Waals surface area (Å²) >= 11 is 0.890. The van der Waals surface area contributed by atoms with Crippen LogP contribution in [0.1, 0.15) is 12.2 Å². The number of carboxylic acid groups (broad SMARTS) is 1. The monoisotopic (exact) mass is 324 g/mol. The molecular weight excluding hydrogens is 313 g/mol. The molecule has 7 nitrogen and oxygen atoms in total. The van der Waals surface area contributed by atoms with Gasteiger partial charge in [-0.25, -0.2) is 9.78 Å². The molecule has 0 radical (unpaired) electrons. The molecular formula is C10H11F3N4O3S. The molecule has 0 bridgehead atoms. The van der Waals surface area contributed by atoms with E-state index in [1.165, 1.54) is 0 Å². The highest BCUT2D eigenvalue weighted by Crippen LogP contribution is 2.45. The molecule has 2 heterocycles. The molecule has 1 aromatic rings. The van der Waals surface area contributed by atoms with Gasteiger partial charge in [-0.15, -0.1) is 0 Å². The minimum absolute atomic E-state index is 0.150. The predicted octanol–water partition coefficient (Wildman–Crippen LogP) is 1.72. The van der Waals surface area contributed by atoms with Gasteiger partial charge < -0.3 is 10.0 Å². The first kappa shape index (κ1) is 15.5. The van der Waals surface area contributed by atoms with Crippen molar-refractivity contribution in [1.29, 1.82) is 0 Å². The van der Waals surface area contributed by atoms with Crippen LogP contribution < -0.4 is 5.32 Å². The lowest BCUT2D eigenvalue weighted by Crippen LogP contribution is -2.48. The summed E-state index contributed by atoms with van der Waals surface area (Å²) in [4.78, 5) is 27.5. The number of alkyl halides is 3. The lowest BCUT2D eigenvalue weighted by atomic mass is 9.86. The number of likely N-dealkylation sites (tertiary alicyclic amines) is 1. The summed E-state index contributed by atoms with van der Waals surface area (Å²) in [6.07, 6.45) is -5.60. The highest BCUT2D eigenvalue weighted by molar-refractivity contribution is 7.09. The molecule has 2 amide bonds. The molecule has 1 atom stereocenters. The zero-order valence-corrected chi connectivity index (χ0v) is 11.6. The van der Waals surface area contributed by atoms with E-state index in [1.807, 2.05) is 0 Å². The lowest BCUT2D eigenvalue weighted by molar-refractivity contribution is -0.226. The number of urea groups is 1. The number of amides is 2. The average Bonchev–Trinajstić information content (AvgIpc) is 2.95. The summed E-state index contributed by atoms with van der Waals surface area (Å²) in [5.41, 5.74) is -2.92. The van der Waals surface area contributed by atoms with E-state index < -0.39 is 36.6 Å². The fourth-order valence-corrected chi connectivity index (χ4v) is 2.59. The van der Waals surface area contributed by atoms with Crippen molar-refractivity contribution in [1.82, 2.24) is 14.3 Å². The maximum Gasteiger partial charge on any atom is 0.406 e. The van der Waals surface area contributed by atoms with Crippen LogP contribution >= 0.6 is 11.5 Å². The number of aromatic nitrogens is 2. The Bertz CT molecular complexity index is 576. The van der Waals surface area contributed by atoms with Crippen molar-refractivity contribution in [2.45, 2.75) is 19.5 Å². The van der Waals surface area contributed by atoms with E-state index in [0.29, 0.717) is 5.82 Å². The van der Waals surface area contributed by atoms with Crippen LogP contribution in [0.2, 0.25) is 0 Å². The van der Waals surface area contributed by atoms with Gasteiger partial charge in [-0.2, -0.15) is 17.5 Å². The lowest BCUT2D eigenvalue weighted by Gasteiger charge is -2.27. The van der Waals surface area contributed by atoms with E-state index >= 15 is 0 Å². The van der Waals surface area contributed by atoms with Crippen molar-refractivity contribution in [3.8, 4) is 0 Å². The quantitative estimate of drug-likeness (QED) is 0.863. The fraction of sp³-hybridized carbons (Fsp3) is 0.600. The smallest absolute Gasteiger partial charge is 0.406 e. The van der Waals surface area contributed by atoms with Crippen molar-refractivity contribution in [2.75, 3.05) is 18.4 Å². The van der Waals surface area contributed by atoms with Gasteiger partial charge in [0, 0.05) is 24.6 Å². The molecule has 1 aliphatic rings. The van der Waals surface area contributed by atoms with Gasteiger partial charge in [-0.05, 0) is 13.3 Å². The molecule has 2 rings (SSSR count). The van der Waals surface area contributed by atoms with E-state index in [1.54, 1.807) is 6.92 Å². The van der Waals surface area contributed by atoms with Crippen LogP contribution in [0.25, 0.3) is 0 Å². The molecule has 0 saturated carbocycles. The number of rotatable bonds is 2. The van der Waals surface area contributed by atoms with Crippen LogP contribution in [-0.4, -0.2) is 50.6 Å². The van der Waals surface area contributed by atoms with E-state index in [0.717, 1.165) is 16.4 Å². The summed E-state index contributed by atoms with van der Waals surface area (Å²) in [6.45, 7) is 0.381. The summed E-state index contributed by atoms with van der Waals surface area (Å²) in [5, 5.41) is 11.3. The number of anilines is 1.